The molecule has 0 aliphatic rings. The van der Waals surface area contributed by atoms with E-state index in [0.29, 0.717) is 23.8 Å². The Bertz CT molecular complexity index is 873. The first-order valence-electron chi connectivity index (χ1n) is 9.71. The molecule has 0 unspecified atom stereocenters. The number of nitrogens with one attached hydrogen (secondary N) is 1. The molecular weight excluding hydrogens is 352 g/mol. The minimum Gasteiger partial charge on any atom is -0.467 e. The van der Waals surface area contributed by atoms with Gasteiger partial charge in [-0.2, -0.15) is 0 Å². The maximum Gasteiger partial charge on any atom is 0.270 e. The molecule has 0 aliphatic carbocycles. The minimum absolute atomic E-state index is 0.245. The van der Waals surface area contributed by atoms with Gasteiger partial charge in [0.1, 0.15) is 17.3 Å². The number of amides is 1. The number of anilines is 1. The third-order valence-electron chi connectivity index (χ3n) is 4.29. The van der Waals surface area contributed by atoms with Gasteiger partial charge in [0.2, 0.25) is 0 Å². The third-order valence-corrected chi connectivity index (χ3v) is 4.29. The van der Waals surface area contributed by atoms with Crippen molar-refractivity contribution >= 4 is 11.7 Å². The zero-order valence-electron chi connectivity index (χ0n) is 16.4. The van der Waals surface area contributed by atoms with Gasteiger partial charge in [0.25, 0.3) is 5.91 Å². The summed E-state index contributed by atoms with van der Waals surface area (Å²) in [5.74, 6) is 1.79. The molecule has 0 atom stereocenters. The average Bonchev–Trinajstić information content (AvgIpc) is 3.26. The molecule has 0 spiro atoms. The molecule has 6 nitrogen and oxygen atoms in total. The summed E-state index contributed by atoms with van der Waals surface area (Å²) in [5.41, 5.74) is 1.24. The molecule has 0 aliphatic heterocycles. The lowest BCUT2D eigenvalue weighted by Gasteiger charge is -2.23. The lowest BCUT2D eigenvalue weighted by Crippen LogP contribution is -2.28. The van der Waals surface area contributed by atoms with E-state index in [-0.39, 0.29) is 5.91 Å². The van der Waals surface area contributed by atoms with E-state index in [4.69, 9.17) is 9.40 Å². The van der Waals surface area contributed by atoms with Crippen LogP contribution in [0.25, 0.3) is 11.4 Å². The fourth-order valence-electron chi connectivity index (χ4n) is 2.98. The number of rotatable bonds is 9. The summed E-state index contributed by atoms with van der Waals surface area (Å²) in [6.07, 6.45) is 3.60. The molecule has 6 heteroatoms. The zero-order valence-corrected chi connectivity index (χ0v) is 16.4. The van der Waals surface area contributed by atoms with Crippen LogP contribution < -0.4 is 10.2 Å². The summed E-state index contributed by atoms with van der Waals surface area (Å²) in [4.78, 5) is 24.2. The standard InChI is InChI=1S/C22H26N4O2/c1-3-12-26(13-4-2)20-15-19(22(27)23-16-18-11-8-14-28-18)24-21(25-20)17-9-6-5-7-10-17/h5-11,14-15H,3-4,12-13,16H2,1-2H3,(H,23,27). The second-order valence-electron chi connectivity index (χ2n) is 6.55. The predicted octanol–water partition coefficient (Wildman–Crippen LogP) is 4.29. The molecule has 0 bridgehead atoms. The molecule has 2 aromatic heterocycles. The number of hydrogen-bond donors (Lipinski definition) is 1. The van der Waals surface area contributed by atoms with Gasteiger partial charge in [-0.15, -0.1) is 0 Å². The Kier molecular flexibility index (Phi) is 6.78. The molecule has 28 heavy (non-hydrogen) atoms. The quantitative estimate of drug-likeness (QED) is 0.601. The van der Waals surface area contributed by atoms with Gasteiger partial charge < -0.3 is 14.6 Å². The molecule has 0 saturated heterocycles. The maximum atomic E-state index is 12.8. The van der Waals surface area contributed by atoms with Crippen LogP contribution in [-0.4, -0.2) is 29.0 Å². The van der Waals surface area contributed by atoms with Crippen molar-refractivity contribution in [2.75, 3.05) is 18.0 Å². The third kappa shape index (κ3) is 4.97. The molecule has 0 saturated carbocycles. The number of furan rings is 1. The van der Waals surface area contributed by atoms with Crippen molar-refractivity contribution in [1.82, 2.24) is 15.3 Å². The summed E-state index contributed by atoms with van der Waals surface area (Å²) in [6, 6.07) is 15.1. The predicted molar refractivity (Wildman–Crippen MR) is 110 cm³/mol. The van der Waals surface area contributed by atoms with E-state index in [1.165, 1.54) is 0 Å². The molecule has 1 aromatic carbocycles. The van der Waals surface area contributed by atoms with E-state index in [2.05, 4.69) is 29.0 Å². The lowest BCUT2D eigenvalue weighted by molar-refractivity contribution is 0.0943. The highest BCUT2D eigenvalue weighted by Gasteiger charge is 2.16. The van der Waals surface area contributed by atoms with Crippen LogP contribution in [0.2, 0.25) is 0 Å². The van der Waals surface area contributed by atoms with Crippen molar-refractivity contribution in [3.8, 4) is 11.4 Å². The Balaban J connectivity index is 1.93. The van der Waals surface area contributed by atoms with Crippen molar-refractivity contribution < 1.29 is 9.21 Å². The van der Waals surface area contributed by atoms with E-state index in [0.717, 1.165) is 37.3 Å². The molecule has 2 heterocycles. The second-order valence-corrected chi connectivity index (χ2v) is 6.55. The minimum atomic E-state index is -0.245. The molecule has 1 N–H and O–H groups in total. The molecule has 3 aromatic rings. The number of carbonyl (C=O) groups is 1. The Morgan fingerprint density at radius 1 is 1.04 bits per heavy atom. The molecule has 0 fully saturated rings. The van der Waals surface area contributed by atoms with Crippen LogP contribution in [0.1, 0.15) is 42.9 Å². The topological polar surface area (TPSA) is 71.3 Å². The van der Waals surface area contributed by atoms with Crippen molar-refractivity contribution in [3.63, 3.8) is 0 Å². The van der Waals surface area contributed by atoms with Gasteiger partial charge in [0.05, 0.1) is 12.8 Å². The van der Waals surface area contributed by atoms with Gasteiger partial charge in [0.15, 0.2) is 5.82 Å². The zero-order chi connectivity index (χ0) is 19.8. The molecule has 0 radical (unpaired) electrons. The summed E-state index contributed by atoms with van der Waals surface area (Å²) < 4.78 is 5.28. The van der Waals surface area contributed by atoms with Gasteiger partial charge in [0, 0.05) is 24.7 Å². The number of carbonyl (C=O) groups excluding carboxylic acids is 1. The number of hydrogen-bond acceptors (Lipinski definition) is 5. The summed E-state index contributed by atoms with van der Waals surface area (Å²) in [6.45, 7) is 6.36. The number of aromatic nitrogens is 2. The van der Waals surface area contributed by atoms with Crippen molar-refractivity contribution in [1.29, 1.82) is 0 Å². The molecule has 1 amide bonds. The SMILES string of the molecule is CCCN(CCC)c1cc(C(=O)NCc2ccco2)nc(-c2ccccc2)n1. The van der Waals surface area contributed by atoms with E-state index in [9.17, 15) is 4.79 Å². The first kappa shape index (κ1) is 19.6. The first-order valence-corrected chi connectivity index (χ1v) is 9.71. The molecule has 3 rings (SSSR count). The van der Waals surface area contributed by atoms with Crippen molar-refractivity contribution in [2.45, 2.75) is 33.2 Å². The monoisotopic (exact) mass is 378 g/mol. The smallest absolute Gasteiger partial charge is 0.270 e. The van der Waals surface area contributed by atoms with Gasteiger partial charge in [-0.3, -0.25) is 4.79 Å². The van der Waals surface area contributed by atoms with E-state index >= 15 is 0 Å². The highest BCUT2D eigenvalue weighted by atomic mass is 16.3. The van der Waals surface area contributed by atoms with Crippen molar-refractivity contribution in [3.05, 3.63) is 66.2 Å². The number of nitrogens with zero attached hydrogens (tertiary/aromatic N) is 3. The van der Waals surface area contributed by atoms with Crippen LogP contribution in [0.4, 0.5) is 5.82 Å². The summed E-state index contributed by atoms with van der Waals surface area (Å²) in [7, 11) is 0. The highest BCUT2D eigenvalue weighted by Crippen LogP contribution is 2.21. The van der Waals surface area contributed by atoms with Gasteiger partial charge in [-0.1, -0.05) is 44.2 Å². The van der Waals surface area contributed by atoms with Crippen LogP contribution >= 0.6 is 0 Å². The van der Waals surface area contributed by atoms with Gasteiger partial charge in [-0.25, -0.2) is 9.97 Å². The van der Waals surface area contributed by atoms with Crippen molar-refractivity contribution in [2.24, 2.45) is 0 Å². The fourth-order valence-corrected chi connectivity index (χ4v) is 2.98. The van der Waals surface area contributed by atoms with E-state index in [1.807, 2.05) is 36.4 Å². The Morgan fingerprint density at radius 3 is 2.43 bits per heavy atom. The maximum absolute atomic E-state index is 12.8. The van der Waals surface area contributed by atoms with E-state index < -0.39 is 0 Å². The Labute approximate surface area is 165 Å². The first-order chi connectivity index (χ1) is 13.7. The second kappa shape index (κ2) is 9.69. The number of benzene rings is 1. The van der Waals surface area contributed by atoms with Crippen LogP contribution in [-0.2, 0) is 6.54 Å². The average molecular weight is 378 g/mol. The summed E-state index contributed by atoms with van der Waals surface area (Å²) in [5, 5.41) is 2.87. The largest absolute Gasteiger partial charge is 0.467 e. The molecular formula is C22H26N4O2. The Morgan fingerprint density at radius 2 is 1.79 bits per heavy atom. The van der Waals surface area contributed by atoms with Gasteiger partial charge in [-0.05, 0) is 25.0 Å². The summed E-state index contributed by atoms with van der Waals surface area (Å²) >= 11 is 0. The van der Waals surface area contributed by atoms with Gasteiger partial charge >= 0.3 is 0 Å². The Hall–Kier alpha value is -3.15. The fraction of sp³-hybridized carbons (Fsp3) is 0.318. The normalized spacial score (nSPS) is 10.6. The highest BCUT2D eigenvalue weighted by molar-refractivity contribution is 5.93. The van der Waals surface area contributed by atoms with Crippen LogP contribution in [0, 0.1) is 0 Å². The lowest BCUT2D eigenvalue weighted by atomic mass is 10.2. The van der Waals surface area contributed by atoms with Crippen LogP contribution in [0.5, 0.6) is 0 Å². The van der Waals surface area contributed by atoms with Crippen LogP contribution in [0.15, 0.2) is 59.2 Å². The molecule has 146 valence electrons. The van der Waals surface area contributed by atoms with E-state index in [1.54, 1.807) is 18.4 Å². The van der Waals surface area contributed by atoms with Crippen LogP contribution in [0.3, 0.4) is 0 Å².